The van der Waals surface area contributed by atoms with Crippen LogP contribution in [0.4, 0.5) is 8.78 Å². The molecular formula is C14H21F2N. The van der Waals surface area contributed by atoms with Crippen LogP contribution in [0.2, 0.25) is 0 Å². The van der Waals surface area contributed by atoms with Crippen molar-refractivity contribution in [2.75, 3.05) is 6.54 Å². The first kappa shape index (κ1) is 14.1. The van der Waals surface area contributed by atoms with Gasteiger partial charge >= 0.3 is 0 Å². The molecule has 0 bridgehead atoms. The number of halogens is 2. The molecule has 0 aromatic heterocycles. The van der Waals surface area contributed by atoms with Gasteiger partial charge in [0.2, 0.25) is 0 Å². The second kappa shape index (κ2) is 6.70. The second-order valence-corrected chi connectivity index (χ2v) is 4.98. The van der Waals surface area contributed by atoms with Crippen molar-refractivity contribution in [3.8, 4) is 0 Å². The Bertz CT molecular complexity index is 330. The third-order valence-corrected chi connectivity index (χ3v) is 2.72. The van der Waals surface area contributed by atoms with Crippen molar-refractivity contribution < 1.29 is 8.78 Å². The average molecular weight is 241 g/mol. The maximum absolute atomic E-state index is 13.0. The average Bonchev–Trinajstić information content (AvgIpc) is 2.22. The minimum Gasteiger partial charge on any atom is -0.314 e. The van der Waals surface area contributed by atoms with Crippen molar-refractivity contribution in [2.45, 2.75) is 39.7 Å². The molecule has 1 aromatic carbocycles. The summed E-state index contributed by atoms with van der Waals surface area (Å²) >= 11 is 0. The van der Waals surface area contributed by atoms with Crippen molar-refractivity contribution in [3.63, 3.8) is 0 Å². The van der Waals surface area contributed by atoms with Crippen molar-refractivity contribution in [1.82, 2.24) is 5.32 Å². The Hall–Kier alpha value is -0.960. The lowest BCUT2D eigenvalue weighted by Crippen LogP contribution is -2.28. The van der Waals surface area contributed by atoms with Gasteiger partial charge in [0.1, 0.15) is 11.6 Å². The minimum atomic E-state index is -0.493. The zero-order chi connectivity index (χ0) is 12.8. The Morgan fingerprint density at radius 1 is 1.06 bits per heavy atom. The highest BCUT2D eigenvalue weighted by Gasteiger charge is 2.05. The molecule has 1 atom stereocenters. The molecule has 0 saturated carbocycles. The Morgan fingerprint density at radius 2 is 1.65 bits per heavy atom. The van der Waals surface area contributed by atoms with Crippen LogP contribution < -0.4 is 5.32 Å². The summed E-state index contributed by atoms with van der Waals surface area (Å²) in [5.74, 6) is -0.482. The SMILES string of the molecule is CC(CCc1cc(F)cc(F)c1)CNC(C)C. The molecule has 0 fully saturated rings. The summed E-state index contributed by atoms with van der Waals surface area (Å²) in [6.45, 7) is 7.30. The molecule has 0 radical (unpaired) electrons. The van der Waals surface area contributed by atoms with Crippen molar-refractivity contribution in [2.24, 2.45) is 5.92 Å². The van der Waals surface area contributed by atoms with Gasteiger partial charge in [-0.15, -0.1) is 0 Å². The van der Waals surface area contributed by atoms with Crippen LogP contribution in [0.1, 0.15) is 32.8 Å². The van der Waals surface area contributed by atoms with E-state index in [9.17, 15) is 8.78 Å². The van der Waals surface area contributed by atoms with Crippen LogP contribution >= 0.6 is 0 Å². The van der Waals surface area contributed by atoms with Crippen LogP contribution in [0.3, 0.4) is 0 Å². The van der Waals surface area contributed by atoms with E-state index in [-0.39, 0.29) is 0 Å². The summed E-state index contributed by atoms with van der Waals surface area (Å²) in [7, 11) is 0. The molecule has 1 unspecified atom stereocenters. The molecule has 0 saturated heterocycles. The zero-order valence-electron chi connectivity index (χ0n) is 10.8. The normalized spacial score (nSPS) is 13.1. The Morgan fingerprint density at radius 3 is 2.18 bits per heavy atom. The first-order chi connectivity index (χ1) is 7.97. The summed E-state index contributed by atoms with van der Waals surface area (Å²) < 4.78 is 25.9. The van der Waals surface area contributed by atoms with E-state index in [0.717, 1.165) is 31.0 Å². The molecular weight excluding hydrogens is 220 g/mol. The lowest BCUT2D eigenvalue weighted by molar-refractivity contribution is 0.453. The Kier molecular flexibility index (Phi) is 5.56. The van der Waals surface area contributed by atoms with E-state index >= 15 is 0 Å². The minimum absolute atomic E-state index is 0.476. The van der Waals surface area contributed by atoms with Crippen LogP contribution in [0.15, 0.2) is 18.2 Å². The van der Waals surface area contributed by atoms with E-state index < -0.39 is 11.6 Å². The van der Waals surface area contributed by atoms with Gasteiger partial charge in [0, 0.05) is 12.1 Å². The predicted molar refractivity (Wildman–Crippen MR) is 67.0 cm³/mol. The molecule has 0 spiro atoms. The number of rotatable bonds is 6. The molecule has 17 heavy (non-hydrogen) atoms. The van der Waals surface area contributed by atoms with Gasteiger partial charge in [0.15, 0.2) is 0 Å². The second-order valence-electron chi connectivity index (χ2n) is 4.98. The first-order valence-corrected chi connectivity index (χ1v) is 6.15. The summed E-state index contributed by atoms with van der Waals surface area (Å²) in [4.78, 5) is 0. The molecule has 96 valence electrons. The Labute approximate surface area is 102 Å². The van der Waals surface area contributed by atoms with Gasteiger partial charge in [-0.25, -0.2) is 8.78 Å². The molecule has 1 aromatic rings. The van der Waals surface area contributed by atoms with E-state index in [1.165, 1.54) is 12.1 Å². The Balaban J connectivity index is 2.39. The maximum atomic E-state index is 13.0. The summed E-state index contributed by atoms with van der Waals surface area (Å²) in [5, 5.41) is 3.36. The van der Waals surface area contributed by atoms with Crippen LogP contribution in [-0.4, -0.2) is 12.6 Å². The lowest BCUT2D eigenvalue weighted by atomic mass is 10.0. The summed E-state index contributed by atoms with van der Waals surface area (Å²) in [5.41, 5.74) is 0.735. The van der Waals surface area contributed by atoms with E-state index in [1.807, 2.05) is 0 Å². The highest BCUT2D eigenvalue weighted by atomic mass is 19.1. The van der Waals surface area contributed by atoms with Crippen molar-refractivity contribution in [1.29, 1.82) is 0 Å². The quantitative estimate of drug-likeness (QED) is 0.803. The fourth-order valence-corrected chi connectivity index (χ4v) is 1.71. The number of hydrogen-bond donors (Lipinski definition) is 1. The standard InChI is InChI=1S/C14H21F2N/c1-10(2)17-9-11(3)4-5-12-6-13(15)8-14(16)7-12/h6-8,10-11,17H,4-5,9H2,1-3H3. The van der Waals surface area contributed by atoms with Crippen LogP contribution in [-0.2, 0) is 6.42 Å². The third kappa shape index (κ3) is 5.78. The monoisotopic (exact) mass is 241 g/mol. The predicted octanol–water partition coefficient (Wildman–Crippen LogP) is 3.53. The highest BCUT2D eigenvalue weighted by Crippen LogP contribution is 2.13. The van der Waals surface area contributed by atoms with Crippen molar-refractivity contribution >= 4 is 0 Å². The molecule has 1 nitrogen and oxygen atoms in total. The number of aryl methyl sites for hydroxylation is 1. The smallest absolute Gasteiger partial charge is 0.126 e. The molecule has 1 rings (SSSR count). The van der Waals surface area contributed by atoms with Crippen molar-refractivity contribution in [3.05, 3.63) is 35.4 Å². The van der Waals surface area contributed by atoms with Crippen LogP contribution in [0, 0.1) is 17.6 Å². The first-order valence-electron chi connectivity index (χ1n) is 6.15. The highest BCUT2D eigenvalue weighted by molar-refractivity contribution is 5.17. The van der Waals surface area contributed by atoms with Gasteiger partial charge in [-0.05, 0) is 43.0 Å². The van der Waals surface area contributed by atoms with Gasteiger partial charge < -0.3 is 5.32 Å². The van der Waals surface area contributed by atoms with Gasteiger partial charge in [-0.2, -0.15) is 0 Å². The van der Waals surface area contributed by atoms with Crippen LogP contribution in [0.5, 0.6) is 0 Å². The van der Waals surface area contributed by atoms with Crippen LogP contribution in [0.25, 0.3) is 0 Å². The lowest BCUT2D eigenvalue weighted by Gasteiger charge is -2.14. The van der Waals surface area contributed by atoms with Gasteiger partial charge in [0.25, 0.3) is 0 Å². The fraction of sp³-hybridized carbons (Fsp3) is 0.571. The molecule has 0 aliphatic rings. The topological polar surface area (TPSA) is 12.0 Å². The molecule has 0 heterocycles. The van der Waals surface area contributed by atoms with E-state index in [1.54, 1.807) is 0 Å². The maximum Gasteiger partial charge on any atom is 0.126 e. The number of benzene rings is 1. The molecule has 1 N–H and O–H groups in total. The molecule has 0 aliphatic carbocycles. The molecule has 0 aliphatic heterocycles. The summed E-state index contributed by atoms with van der Waals surface area (Å²) in [6.07, 6.45) is 1.65. The van der Waals surface area contributed by atoms with Gasteiger partial charge in [-0.3, -0.25) is 0 Å². The number of nitrogens with one attached hydrogen (secondary N) is 1. The summed E-state index contributed by atoms with van der Waals surface area (Å²) in [6, 6.07) is 4.20. The third-order valence-electron chi connectivity index (χ3n) is 2.72. The number of hydrogen-bond acceptors (Lipinski definition) is 1. The van der Waals surface area contributed by atoms with E-state index in [4.69, 9.17) is 0 Å². The molecule has 3 heteroatoms. The van der Waals surface area contributed by atoms with Gasteiger partial charge in [0.05, 0.1) is 0 Å². The fourth-order valence-electron chi connectivity index (χ4n) is 1.71. The van der Waals surface area contributed by atoms with E-state index in [2.05, 4.69) is 26.1 Å². The zero-order valence-corrected chi connectivity index (χ0v) is 10.8. The van der Waals surface area contributed by atoms with Gasteiger partial charge in [-0.1, -0.05) is 20.8 Å². The van der Waals surface area contributed by atoms with E-state index in [0.29, 0.717) is 12.0 Å². The largest absolute Gasteiger partial charge is 0.314 e. The molecule has 0 amide bonds.